The minimum absolute atomic E-state index is 0.0926. The Morgan fingerprint density at radius 3 is 0.597 bits per heavy atom. The highest BCUT2D eigenvalue weighted by Gasteiger charge is 2.48. The van der Waals surface area contributed by atoms with Crippen LogP contribution in [0.1, 0.15) is 95.6 Å². The molecule has 1 aromatic heterocycles. The SMILES string of the molecule is CC(C)(C)c1cc(C([Si](C)(C)C)[Si](C)(C)C)c(-[si]2cccc[si]2-c2c(C([Si](C)(C)C)[Si](C)(C)C)cc(C(C)(C)C)cc2C([Si](C)(C)C)[Si](C)(C)C)c(C([Si](C)(C)C)[Si](C)(C)C)c1. The molecule has 0 fully saturated rings. The van der Waals surface area contributed by atoms with E-state index >= 15 is 0 Å². The zero-order chi connectivity index (χ0) is 48.7. The molecule has 0 radical (unpaired) electrons. The van der Waals surface area contributed by atoms with Crippen LogP contribution in [0, 0.1) is 0 Å². The van der Waals surface area contributed by atoms with Crippen LogP contribution in [0.15, 0.2) is 47.8 Å². The van der Waals surface area contributed by atoms with Gasteiger partial charge >= 0.3 is 0 Å². The van der Waals surface area contributed by atoms with E-state index in [-0.39, 0.29) is 10.8 Å². The van der Waals surface area contributed by atoms with E-state index in [1.807, 2.05) is 32.6 Å². The largest absolute Gasteiger partial charge is 0.0767 e. The average molecular weight is 1010 g/mol. The van der Waals surface area contributed by atoms with Crippen molar-refractivity contribution >= 4 is 80.4 Å². The van der Waals surface area contributed by atoms with Crippen molar-refractivity contribution in [2.24, 2.45) is 0 Å². The highest BCUT2D eigenvalue weighted by atomic mass is 29.0. The first-order valence-electron chi connectivity index (χ1n) is 24.6. The average Bonchev–Trinajstić information content (AvgIpc) is 2.94. The number of hydrogen-bond donors (Lipinski definition) is 0. The second-order valence-electron chi connectivity index (χ2n) is 30.8. The normalized spacial score (nSPS) is 14.9. The fourth-order valence-electron chi connectivity index (χ4n) is 13.6. The van der Waals surface area contributed by atoms with Crippen molar-refractivity contribution in [2.75, 3.05) is 0 Å². The Labute approximate surface area is 399 Å². The van der Waals surface area contributed by atoms with Gasteiger partial charge in [0.25, 0.3) is 0 Å². The summed E-state index contributed by atoms with van der Waals surface area (Å²) in [5.74, 6) is 0. The van der Waals surface area contributed by atoms with Crippen LogP contribution in [0.5, 0.6) is 0 Å². The predicted octanol–water partition coefficient (Wildman–Crippen LogP) is 17.7. The monoisotopic (exact) mass is 1010 g/mol. The maximum Gasteiger partial charge on any atom is 0.0604 e. The van der Waals surface area contributed by atoms with Crippen molar-refractivity contribution in [3.8, 4) is 10.4 Å². The molecular weight excluding hydrogens is 905 g/mol. The molecule has 3 rings (SSSR count). The second-order valence-corrected chi connectivity index (χ2v) is 82.1. The lowest BCUT2D eigenvalue weighted by atomic mass is 9.85. The van der Waals surface area contributed by atoms with Gasteiger partial charge in [0.1, 0.15) is 0 Å². The van der Waals surface area contributed by atoms with E-state index in [2.05, 4.69) is 246 Å². The summed E-state index contributed by atoms with van der Waals surface area (Å²) in [4.78, 5) is 0. The molecule has 350 valence electrons. The zero-order valence-corrected chi connectivity index (χ0v) is 56.9. The lowest BCUT2D eigenvalue weighted by Crippen LogP contribution is -2.50. The van der Waals surface area contributed by atoms with E-state index in [9.17, 15) is 0 Å². The van der Waals surface area contributed by atoms with Crippen LogP contribution in [-0.4, -0.2) is 80.4 Å². The van der Waals surface area contributed by atoms with Crippen molar-refractivity contribution in [2.45, 2.75) is 230 Å². The summed E-state index contributed by atoms with van der Waals surface area (Å²) < 4.78 is 0. The second kappa shape index (κ2) is 18.2. The summed E-state index contributed by atoms with van der Waals surface area (Å²) in [5.41, 5.74) is 16.6. The first-order chi connectivity index (χ1) is 27.1. The minimum atomic E-state index is -1.68. The van der Waals surface area contributed by atoms with E-state index < -0.39 is 80.4 Å². The molecule has 0 atom stereocenters. The van der Waals surface area contributed by atoms with Gasteiger partial charge in [-0.05, 0) is 75.2 Å². The Morgan fingerprint density at radius 1 is 0.306 bits per heavy atom. The molecule has 0 aliphatic carbocycles. The smallest absolute Gasteiger partial charge is 0.0604 e. The molecule has 2 aromatic carbocycles. The molecular formula is C52H102Si10. The van der Waals surface area contributed by atoms with Crippen LogP contribution < -0.4 is 0 Å². The van der Waals surface area contributed by atoms with Crippen molar-refractivity contribution < 1.29 is 0 Å². The molecule has 62 heavy (non-hydrogen) atoms. The van der Waals surface area contributed by atoms with Crippen LogP contribution in [0.25, 0.3) is 10.4 Å². The summed E-state index contributed by atoms with van der Waals surface area (Å²) in [6, 6.07) is 16.6. The lowest BCUT2D eigenvalue weighted by Gasteiger charge is -2.46. The number of hydrogen-bond acceptors (Lipinski definition) is 0. The summed E-state index contributed by atoms with van der Waals surface area (Å²) in [5, 5.41) is 6.65. The summed E-state index contributed by atoms with van der Waals surface area (Å²) >= 11 is 0. The Bertz CT molecular complexity index is 1730. The van der Waals surface area contributed by atoms with Crippen molar-refractivity contribution in [1.29, 1.82) is 0 Å². The molecule has 0 bridgehead atoms. The van der Waals surface area contributed by atoms with Gasteiger partial charge in [0.15, 0.2) is 0 Å². The highest BCUT2D eigenvalue weighted by molar-refractivity contribution is 7.13. The van der Waals surface area contributed by atoms with Gasteiger partial charge in [-0.25, -0.2) is 0 Å². The molecule has 0 N–H and O–H groups in total. The first kappa shape index (κ1) is 56.4. The highest BCUT2D eigenvalue weighted by Crippen LogP contribution is 2.50. The molecule has 0 saturated heterocycles. The molecule has 0 aliphatic heterocycles. The van der Waals surface area contributed by atoms with E-state index in [1.165, 1.54) is 0 Å². The minimum Gasteiger partial charge on any atom is -0.0767 e. The summed E-state index contributed by atoms with van der Waals surface area (Å²) in [6.07, 6.45) is 0. The first-order valence-corrected chi connectivity index (χ1v) is 57.4. The molecule has 0 nitrogen and oxygen atoms in total. The van der Waals surface area contributed by atoms with E-state index in [0.717, 1.165) is 0 Å². The van der Waals surface area contributed by atoms with Crippen molar-refractivity contribution in [1.82, 2.24) is 0 Å². The third-order valence-electron chi connectivity index (χ3n) is 13.8. The molecule has 10 heteroatoms. The van der Waals surface area contributed by atoms with E-state index in [0.29, 0.717) is 20.7 Å². The van der Waals surface area contributed by atoms with Crippen LogP contribution in [0.2, 0.25) is 157 Å². The Balaban J connectivity index is 3.09. The molecule has 0 aliphatic rings. The molecule has 0 spiro atoms. The Morgan fingerprint density at radius 2 is 0.468 bits per heavy atom. The summed E-state index contributed by atoms with van der Waals surface area (Å²) in [7, 11) is -15.9. The molecule has 1 heterocycles. The van der Waals surface area contributed by atoms with Gasteiger partial charge in [-0.1, -0.05) is 246 Å². The van der Waals surface area contributed by atoms with Crippen LogP contribution >= 0.6 is 0 Å². The van der Waals surface area contributed by atoms with E-state index in [1.54, 1.807) is 11.1 Å². The van der Waals surface area contributed by atoms with Gasteiger partial charge in [0.05, 0.1) is 15.8 Å². The van der Waals surface area contributed by atoms with Gasteiger partial charge in [-0.15, -0.1) is 0 Å². The topological polar surface area (TPSA) is 0 Å². The van der Waals surface area contributed by atoms with Crippen LogP contribution in [0.3, 0.4) is 0 Å². The van der Waals surface area contributed by atoms with Gasteiger partial charge < -0.3 is 0 Å². The molecule has 0 amide bonds. The maximum atomic E-state index is 2.90. The Hall–Kier alpha value is 0.0888. The third-order valence-corrected chi connectivity index (χ3v) is 59.0. The predicted molar refractivity (Wildman–Crippen MR) is 316 cm³/mol. The summed E-state index contributed by atoms with van der Waals surface area (Å²) in [6.45, 7) is 80.7. The van der Waals surface area contributed by atoms with Crippen LogP contribution in [-0.2, 0) is 10.8 Å². The van der Waals surface area contributed by atoms with Gasteiger partial charge in [0, 0.05) is 64.6 Å². The lowest BCUT2D eigenvalue weighted by molar-refractivity contribution is 0.588. The quantitative estimate of drug-likeness (QED) is 0.141. The maximum absolute atomic E-state index is 2.90. The Kier molecular flexibility index (Phi) is 16.6. The van der Waals surface area contributed by atoms with Gasteiger partial charge in [-0.3, -0.25) is 0 Å². The number of benzene rings is 2. The van der Waals surface area contributed by atoms with Crippen molar-refractivity contribution in [3.63, 3.8) is 0 Å². The fourth-order valence-corrected chi connectivity index (χ4v) is 74.6. The fraction of sp³-hybridized carbons (Fsp3) is 0.692. The molecule has 0 unspecified atom stereocenters. The van der Waals surface area contributed by atoms with E-state index in [4.69, 9.17) is 0 Å². The molecule has 3 aromatic rings. The van der Waals surface area contributed by atoms with Crippen LogP contribution in [0.4, 0.5) is 0 Å². The standard InChI is InChI=1S/C52H102Si10/c1-51(2,3)39-35-41(47(55(7,8)9)56(10,11)12)45(42(36-39)48(57(13,14)15)58(16,17)18)53-33-31-32-34-54(53)46-43(49(59(19,20)21)60(22,23)24)37-40(52(4,5)6)38-44(46)50(61(25,26)27)62(28,29)30/h31-38,47-50H,1-30H3. The molecule has 0 saturated carbocycles. The number of rotatable bonds is 14. The zero-order valence-electron chi connectivity index (χ0n) is 46.9. The van der Waals surface area contributed by atoms with Crippen molar-refractivity contribution in [3.05, 3.63) is 81.1 Å². The van der Waals surface area contributed by atoms with Gasteiger partial charge in [-0.2, -0.15) is 0 Å². The van der Waals surface area contributed by atoms with Gasteiger partial charge in [0.2, 0.25) is 0 Å². The third kappa shape index (κ3) is 13.0.